The molecule has 1 fully saturated rings. The summed E-state index contributed by atoms with van der Waals surface area (Å²) in [5, 5.41) is 3.05. The fraction of sp³-hybridized carbons (Fsp3) is 0.400. The molecule has 1 unspecified atom stereocenters. The number of rotatable bonds is 4. The van der Waals surface area contributed by atoms with Gasteiger partial charge in [0, 0.05) is 19.3 Å². The Morgan fingerprint density at radius 3 is 2.76 bits per heavy atom. The maximum absolute atomic E-state index is 12.7. The first-order chi connectivity index (χ1) is 12.2. The first-order valence-electron chi connectivity index (χ1n) is 8.81. The van der Waals surface area contributed by atoms with E-state index in [-0.39, 0.29) is 12.1 Å². The maximum atomic E-state index is 12.7. The molecule has 0 aliphatic carbocycles. The maximum Gasteiger partial charge on any atom is 0.410 e. The number of aromatic nitrogens is 1. The molecule has 1 atom stereocenters. The fourth-order valence-electron chi connectivity index (χ4n) is 3.34. The van der Waals surface area contributed by atoms with Gasteiger partial charge < -0.3 is 15.0 Å². The van der Waals surface area contributed by atoms with Gasteiger partial charge in [-0.15, -0.1) is 0 Å². The molecule has 0 bridgehead atoms. The molecule has 1 aromatic heterocycles. The normalized spacial score (nSPS) is 17.2. The zero-order valence-electron chi connectivity index (χ0n) is 14.9. The number of anilines is 1. The monoisotopic (exact) mass is 339 g/mol. The average molecular weight is 339 g/mol. The third-order valence-corrected chi connectivity index (χ3v) is 4.68. The minimum atomic E-state index is -0.245. The number of carbonyl (C=O) groups is 1. The van der Waals surface area contributed by atoms with Crippen molar-refractivity contribution in [3.8, 4) is 0 Å². The lowest BCUT2D eigenvalue weighted by atomic mass is 9.94. The summed E-state index contributed by atoms with van der Waals surface area (Å²) in [5.41, 5.74) is 3.07. The number of benzene rings is 1. The highest BCUT2D eigenvalue weighted by Crippen LogP contribution is 2.33. The van der Waals surface area contributed by atoms with E-state index < -0.39 is 0 Å². The Balaban J connectivity index is 1.73. The van der Waals surface area contributed by atoms with E-state index in [0.29, 0.717) is 6.61 Å². The van der Waals surface area contributed by atoms with Crippen LogP contribution in [0.4, 0.5) is 10.6 Å². The van der Waals surface area contributed by atoms with Gasteiger partial charge in [0.15, 0.2) is 0 Å². The second-order valence-electron chi connectivity index (χ2n) is 6.37. The van der Waals surface area contributed by atoms with Gasteiger partial charge in [-0.05, 0) is 43.4 Å². The Morgan fingerprint density at radius 2 is 2.04 bits per heavy atom. The van der Waals surface area contributed by atoms with Gasteiger partial charge in [-0.2, -0.15) is 0 Å². The molecule has 5 nitrogen and oxygen atoms in total. The Labute approximate surface area is 149 Å². The number of nitrogens with zero attached hydrogens (tertiary/aromatic N) is 2. The number of amides is 1. The first kappa shape index (κ1) is 17.3. The highest BCUT2D eigenvalue weighted by molar-refractivity contribution is 5.68. The van der Waals surface area contributed by atoms with Gasteiger partial charge in [0.1, 0.15) is 12.4 Å². The van der Waals surface area contributed by atoms with Gasteiger partial charge in [-0.3, -0.25) is 0 Å². The van der Waals surface area contributed by atoms with Crippen LogP contribution in [-0.2, 0) is 11.3 Å². The second kappa shape index (κ2) is 8.01. The van der Waals surface area contributed by atoms with Gasteiger partial charge in [-0.25, -0.2) is 9.78 Å². The van der Waals surface area contributed by atoms with E-state index in [1.807, 2.05) is 55.3 Å². The number of piperidine rings is 1. The van der Waals surface area contributed by atoms with Crippen LogP contribution in [0.25, 0.3) is 0 Å². The third kappa shape index (κ3) is 4.10. The van der Waals surface area contributed by atoms with Crippen molar-refractivity contribution in [1.29, 1.82) is 0 Å². The zero-order valence-corrected chi connectivity index (χ0v) is 14.9. The predicted octanol–water partition coefficient (Wildman–Crippen LogP) is 4.30. The first-order valence-corrected chi connectivity index (χ1v) is 8.81. The van der Waals surface area contributed by atoms with Gasteiger partial charge in [0.2, 0.25) is 0 Å². The van der Waals surface area contributed by atoms with Crippen LogP contribution >= 0.6 is 0 Å². The molecule has 3 rings (SSSR count). The van der Waals surface area contributed by atoms with Crippen LogP contribution in [-0.4, -0.2) is 29.6 Å². The van der Waals surface area contributed by atoms with E-state index in [4.69, 9.17) is 4.74 Å². The molecule has 1 saturated heterocycles. The van der Waals surface area contributed by atoms with E-state index in [9.17, 15) is 4.79 Å². The molecule has 0 saturated carbocycles. The Bertz CT molecular complexity index is 718. The van der Waals surface area contributed by atoms with Crippen LogP contribution < -0.4 is 5.32 Å². The van der Waals surface area contributed by atoms with Gasteiger partial charge in [-0.1, -0.05) is 36.4 Å². The lowest BCUT2D eigenvalue weighted by Crippen LogP contribution is -2.39. The average Bonchev–Trinajstić information content (AvgIpc) is 2.67. The van der Waals surface area contributed by atoms with Crippen LogP contribution in [0, 0.1) is 6.92 Å². The number of hydrogen-bond acceptors (Lipinski definition) is 4. The third-order valence-electron chi connectivity index (χ3n) is 4.68. The summed E-state index contributed by atoms with van der Waals surface area (Å²) in [6, 6.07) is 13.9. The minimum Gasteiger partial charge on any atom is -0.445 e. The van der Waals surface area contributed by atoms with Crippen LogP contribution in [0.2, 0.25) is 0 Å². The molecule has 2 aromatic rings. The summed E-state index contributed by atoms with van der Waals surface area (Å²) in [4.78, 5) is 19.1. The molecule has 0 spiro atoms. The molecule has 1 aromatic carbocycles. The van der Waals surface area contributed by atoms with Crippen LogP contribution in [0.3, 0.4) is 0 Å². The number of ether oxygens (including phenoxy) is 1. The lowest BCUT2D eigenvalue weighted by molar-refractivity contribution is 0.0677. The zero-order chi connectivity index (χ0) is 17.6. The summed E-state index contributed by atoms with van der Waals surface area (Å²) in [6.07, 6.45) is 2.82. The lowest BCUT2D eigenvalue weighted by Gasteiger charge is -2.35. The molecular formula is C20H25N3O2. The van der Waals surface area contributed by atoms with Crippen molar-refractivity contribution in [1.82, 2.24) is 9.88 Å². The Kier molecular flexibility index (Phi) is 5.53. The van der Waals surface area contributed by atoms with Gasteiger partial charge in [0.25, 0.3) is 0 Å². The summed E-state index contributed by atoms with van der Waals surface area (Å²) in [7, 11) is 1.86. The number of carbonyl (C=O) groups excluding carboxylic acids is 1. The topological polar surface area (TPSA) is 54.5 Å². The fourth-order valence-corrected chi connectivity index (χ4v) is 3.34. The number of likely N-dealkylation sites (tertiary alicyclic amines) is 1. The summed E-state index contributed by atoms with van der Waals surface area (Å²) in [6.45, 7) is 3.03. The van der Waals surface area contributed by atoms with Crippen molar-refractivity contribution in [2.45, 2.75) is 38.8 Å². The molecule has 2 heterocycles. The van der Waals surface area contributed by atoms with Crippen LogP contribution in [0.5, 0.6) is 0 Å². The van der Waals surface area contributed by atoms with E-state index in [1.165, 1.54) is 0 Å². The predicted molar refractivity (Wildman–Crippen MR) is 98.4 cm³/mol. The number of pyridine rings is 1. The molecular weight excluding hydrogens is 314 g/mol. The van der Waals surface area contributed by atoms with Crippen molar-refractivity contribution in [3.63, 3.8) is 0 Å². The van der Waals surface area contributed by atoms with E-state index >= 15 is 0 Å². The molecule has 0 radical (unpaired) electrons. The smallest absolute Gasteiger partial charge is 0.410 e. The standard InChI is InChI=1S/C20H25N3O2/c1-15-17(11-12-19(21-2)22-15)18-10-6-7-13-23(18)20(24)25-14-16-8-4-3-5-9-16/h3-5,8-9,11-12,18H,6-7,10,13-14H2,1-2H3,(H,21,22). The molecule has 1 aliphatic rings. The minimum absolute atomic E-state index is 0.0374. The van der Waals surface area contributed by atoms with E-state index in [0.717, 1.165) is 48.4 Å². The highest BCUT2D eigenvalue weighted by atomic mass is 16.6. The Morgan fingerprint density at radius 1 is 1.24 bits per heavy atom. The molecule has 1 N–H and O–H groups in total. The summed E-state index contributed by atoms with van der Waals surface area (Å²) < 4.78 is 5.56. The summed E-state index contributed by atoms with van der Waals surface area (Å²) in [5.74, 6) is 0.843. The van der Waals surface area contributed by atoms with Gasteiger partial charge in [0.05, 0.1) is 6.04 Å². The van der Waals surface area contributed by atoms with E-state index in [1.54, 1.807) is 0 Å². The Hall–Kier alpha value is -2.56. The number of nitrogens with one attached hydrogen (secondary N) is 1. The largest absolute Gasteiger partial charge is 0.445 e. The molecule has 5 heteroatoms. The summed E-state index contributed by atoms with van der Waals surface area (Å²) >= 11 is 0. The van der Waals surface area contributed by atoms with Crippen molar-refractivity contribution >= 4 is 11.9 Å². The van der Waals surface area contributed by atoms with Crippen LogP contribution in [0.15, 0.2) is 42.5 Å². The van der Waals surface area contributed by atoms with Crippen molar-refractivity contribution < 1.29 is 9.53 Å². The number of aryl methyl sites for hydroxylation is 1. The van der Waals surface area contributed by atoms with Crippen LogP contribution in [0.1, 0.15) is 42.1 Å². The quantitative estimate of drug-likeness (QED) is 0.902. The molecule has 132 valence electrons. The molecule has 25 heavy (non-hydrogen) atoms. The van der Waals surface area contributed by atoms with Crippen molar-refractivity contribution in [2.24, 2.45) is 0 Å². The van der Waals surface area contributed by atoms with Crippen molar-refractivity contribution in [3.05, 3.63) is 59.3 Å². The SMILES string of the molecule is CNc1ccc(C2CCCCN2C(=O)OCc2ccccc2)c(C)n1. The number of hydrogen-bond donors (Lipinski definition) is 1. The van der Waals surface area contributed by atoms with E-state index in [2.05, 4.69) is 16.4 Å². The molecule has 1 amide bonds. The second-order valence-corrected chi connectivity index (χ2v) is 6.37. The molecule has 1 aliphatic heterocycles. The van der Waals surface area contributed by atoms with Gasteiger partial charge >= 0.3 is 6.09 Å². The highest BCUT2D eigenvalue weighted by Gasteiger charge is 2.30. The van der Waals surface area contributed by atoms with Crippen molar-refractivity contribution in [2.75, 3.05) is 18.9 Å².